The lowest BCUT2D eigenvalue weighted by Gasteiger charge is -2.12. The van der Waals surface area contributed by atoms with E-state index in [0.29, 0.717) is 28.6 Å². The summed E-state index contributed by atoms with van der Waals surface area (Å²) in [7, 11) is 6.19. The number of anilines is 1. The largest absolute Gasteiger partial charge is 0.496 e. The lowest BCUT2D eigenvalue weighted by atomic mass is 10.2. The highest BCUT2D eigenvalue weighted by Gasteiger charge is 2.10. The van der Waals surface area contributed by atoms with Crippen molar-refractivity contribution in [3.05, 3.63) is 42.0 Å². The summed E-state index contributed by atoms with van der Waals surface area (Å²) >= 11 is 0. The van der Waals surface area contributed by atoms with Gasteiger partial charge < -0.3 is 24.3 Å². The molecule has 0 aliphatic rings. The van der Waals surface area contributed by atoms with Crippen molar-refractivity contribution in [1.29, 1.82) is 0 Å². The highest BCUT2D eigenvalue weighted by atomic mass is 16.5. The van der Waals surface area contributed by atoms with Crippen LogP contribution in [0, 0.1) is 0 Å². The van der Waals surface area contributed by atoms with Crippen LogP contribution >= 0.6 is 0 Å². The van der Waals surface area contributed by atoms with E-state index >= 15 is 0 Å². The maximum Gasteiger partial charge on any atom is 0.259 e. The van der Waals surface area contributed by atoms with Crippen LogP contribution in [0.1, 0.15) is 5.56 Å². The smallest absolute Gasteiger partial charge is 0.259 e. The molecule has 0 aromatic heterocycles. The Bertz CT molecular complexity index is 808. The molecule has 0 fully saturated rings. The maximum absolute atomic E-state index is 12.0. The van der Waals surface area contributed by atoms with Gasteiger partial charge in [0.2, 0.25) is 0 Å². The molecule has 0 saturated carbocycles. The summed E-state index contributed by atoms with van der Waals surface area (Å²) in [5, 5.41) is 6.96. The van der Waals surface area contributed by atoms with Gasteiger partial charge in [-0.1, -0.05) is 12.1 Å². The number of para-hydroxylation sites is 2. The van der Waals surface area contributed by atoms with Crippen molar-refractivity contribution in [3.8, 4) is 23.0 Å². The van der Waals surface area contributed by atoms with Crippen molar-refractivity contribution >= 4 is 17.8 Å². The first-order chi connectivity index (χ1) is 13.1. The Kier molecular flexibility index (Phi) is 7.30. The zero-order valence-electron chi connectivity index (χ0n) is 15.7. The molecule has 0 aliphatic heterocycles. The predicted molar refractivity (Wildman–Crippen MR) is 103 cm³/mol. The molecule has 0 radical (unpaired) electrons. The summed E-state index contributed by atoms with van der Waals surface area (Å²) < 4.78 is 21.0. The quantitative estimate of drug-likeness (QED) is 0.518. The van der Waals surface area contributed by atoms with Crippen LogP contribution < -0.4 is 29.7 Å². The SMILES string of the molecule is COc1cc(OC)c(OC)cc1/C=N\NC(=O)CNc1ccccc1OC. The third-order valence-corrected chi connectivity index (χ3v) is 3.68. The Morgan fingerprint density at radius 2 is 1.56 bits per heavy atom. The van der Waals surface area contributed by atoms with E-state index < -0.39 is 0 Å². The molecule has 8 heteroatoms. The van der Waals surface area contributed by atoms with Crippen molar-refractivity contribution in [2.75, 3.05) is 40.3 Å². The molecule has 0 heterocycles. The molecular weight excluding hydrogens is 350 g/mol. The van der Waals surface area contributed by atoms with Crippen LogP contribution in [0.3, 0.4) is 0 Å². The monoisotopic (exact) mass is 373 g/mol. The van der Waals surface area contributed by atoms with Crippen molar-refractivity contribution in [3.63, 3.8) is 0 Å². The van der Waals surface area contributed by atoms with Gasteiger partial charge >= 0.3 is 0 Å². The first-order valence-corrected chi connectivity index (χ1v) is 8.11. The first kappa shape index (κ1) is 19.9. The van der Waals surface area contributed by atoms with Gasteiger partial charge in [-0.15, -0.1) is 0 Å². The highest BCUT2D eigenvalue weighted by Crippen LogP contribution is 2.33. The second kappa shape index (κ2) is 9.91. The van der Waals surface area contributed by atoms with Crippen LogP contribution in [-0.4, -0.2) is 47.1 Å². The number of benzene rings is 2. The van der Waals surface area contributed by atoms with Gasteiger partial charge in [-0.05, 0) is 18.2 Å². The summed E-state index contributed by atoms with van der Waals surface area (Å²) in [5.41, 5.74) is 3.81. The molecule has 0 unspecified atom stereocenters. The molecular formula is C19H23N3O5. The van der Waals surface area contributed by atoms with E-state index in [1.165, 1.54) is 20.4 Å². The van der Waals surface area contributed by atoms with Crippen LogP contribution in [0.5, 0.6) is 23.0 Å². The minimum atomic E-state index is -0.309. The molecule has 2 aromatic carbocycles. The van der Waals surface area contributed by atoms with Crippen molar-refractivity contribution in [1.82, 2.24) is 5.43 Å². The predicted octanol–water partition coefficient (Wildman–Crippen LogP) is 2.28. The number of amides is 1. The summed E-state index contributed by atoms with van der Waals surface area (Å²) in [6, 6.07) is 10.7. The van der Waals surface area contributed by atoms with Crippen LogP contribution in [0.2, 0.25) is 0 Å². The molecule has 0 bridgehead atoms. The fourth-order valence-corrected chi connectivity index (χ4v) is 2.33. The highest BCUT2D eigenvalue weighted by molar-refractivity contribution is 5.87. The first-order valence-electron chi connectivity index (χ1n) is 8.11. The number of nitrogens with zero attached hydrogens (tertiary/aromatic N) is 1. The third-order valence-electron chi connectivity index (χ3n) is 3.68. The molecule has 27 heavy (non-hydrogen) atoms. The normalized spacial score (nSPS) is 10.4. The number of hydrogen-bond donors (Lipinski definition) is 2. The Morgan fingerprint density at radius 1 is 0.926 bits per heavy atom. The second-order valence-corrected chi connectivity index (χ2v) is 5.30. The summed E-state index contributed by atoms with van der Waals surface area (Å²) in [6.45, 7) is 0.0424. The van der Waals surface area contributed by atoms with Gasteiger partial charge in [-0.3, -0.25) is 4.79 Å². The molecule has 0 saturated heterocycles. The molecule has 2 rings (SSSR count). The molecule has 8 nitrogen and oxygen atoms in total. The van der Waals surface area contributed by atoms with Crippen molar-refractivity contribution in [2.24, 2.45) is 5.10 Å². The third kappa shape index (κ3) is 5.27. The average Bonchev–Trinajstić information content (AvgIpc) is 2.71. The summed E-state index contributed by atoms with van der Waals surface area (Å²) in [6.07, 6.45) is 1.47. The number of ether oxygens (including phenoxy) is 4. The van der Waals surface area contributed by atoms with E-state index in [0.717, 1.165) is 5.69 Å². The van der Waals surface area contributed by atoms with Gasteiger partial charge in [0.15, 0.2) is 11.5 Å². The Labute approximate surface area is 158 Å². The van der Waals surface area contributed by atoms with Gasteiger partial charge in [0, 0.05) is 11.6 Å². The Hall–Kier alpha value is -3.42. The van der Waals surface area contributed by atoms with Crippen molar-refractivity contribution in [2.45, 2.75) is 0 Å². The molecule has 2 N–H and O–H groups in total. The second-order valence-electron chi connectivity index (χ2n) is 5.30. The van der Waals surface area contributed by atoms with Gasteiger partial charge in [-0.25, -0.2) is 5.43 Å². The fraction of sp³-hybridized carbons (Fsp3) is 0.263. The van der Waals surface area contributed by atoms with E-state index in [-0.39, 0.29) is 12.5 Å². The number of carbonyl (C=O) groups excluding carboxylic acids is 1. The van der Waals surface area contributed by atoms with E-state index in [9.17, 15) is 4.79 Å². The Morgan fingerprint density at radius 3 is 2.22 bits per heavy atom. The van der Waals surface area contributed by atoms with Crippen molar-refractivity contribution < 1.29 is 23.7 Å². The number of rotatable bonds is 9. The molecule has 144 valence electrons. The van der Waals surface area contributed by atoms with Gasteiger partial charge in [-0.2, -0.15) is 5.10 Å². The van der Waals surface area contributed by atoms with E-state index in [1.807, 2.05) is 24.3 Å². The zero-order valence-corrected chi connectivity index (χ0v) is 15.7. The molecule has 0 aliphatic carbocycles. The molecule has 0 atom stereocenters. The lowest BCUT2D eigenvalue weighted by Crippen LogP contribution is -2.26. The van der Waals surface area contributed by atoms with Gasteiger partial charge in [0.05, 0.1) is 46.9 Å². The van der Waals surface area contributed by atoms with Crippen LogP contribution in [0.25, 0.3) is 0 Å². The van der Waals surface area contributed by atoms with Crippen LogP contribution in [0.15, 0.2) is 41.5 Å². The molecule has 1 amide bonds. The van der Waals surface area contributed by atoms with Crippen LogP contribution in [0.4, 0.5) is 5.69 Å². The van der Waals surface area contributed by atoms with E-state index in [1.54, 1.807) is 26.4 Å². The van der Waals surface area contributed by atoms with Crippen LogP contribution in [-0.2, 0) is 4.79 Å². The summed E-state index contributed by atoms with van der Waals surface area (Å²) in [4.78, 5) is 12.0. The topological polar surface area (TPSA) is 90.4 Å². The Balaban J connectivity index is 1.99. The van der Waals surface area contributed by atoms with Gasteiger partial charge in [0.1, 0.15) is 11.5 Å². The number of methoxy groups -OCH3 is 4. The number of nitrogens with one attached hydrogen (secondary N) is 2. The van der Waals surface area contributed by atoms with Gasteiger partial charge in [0.25, 0.3) is 5.91 Å². The van der Waals surface area contributed by atoms with E-state index in [2.05, 4.69) is 15.8 Å². The zero-order chi connectivity index (χ0) is 19.6. The summed E-state index contributed by atoms with van der Waals surface area (Å²) in [5.74, 6) is 1.96. The lowest BCUT2D eigenvalue weighted by molar-refractivity contribution is -0.119. The number of carbonyl (C=O) groups is 1. The molecule has 0 spiro atoms. The van der Waals surface area contributed by atoms with E-state index in [4.69, 9.17) is 18.9 Å². The fourth-order valence-electron chi connectivity index (χ4n) is 2.33. The maximum atomic E-state index is 12.0. The molecule has 2 aromatic rings. The minimum Gasteiger partial charge on any atom is -0.496 e. The number of hydrogen-bond acceptors (Lipinski definition) is 7. The number of hydrazone groups is 1. The standard InChI is InChI=1S/C19H23N3O5/c1-24-15-8-6-5-7-14(15)20-12-19(23)22-21-11-13-9-17(26-3)18(27-4)10-16(13)25-2/h5-11,20H,12H2,1-4H3,(H,22,23)/b21-11-. The average molecular weight is 373 g/mol. The minimum absolute atomic E-state index is 0.0424.